The standard InChI is InChI=1S/C23H26FN3O4/c1-14-4-7-20(31-3)19(10-14)27-13-17(12-21(27)28)23(30)26-9-8-25-22(29)16-6-5-15(2)18(24)11-16/h4-7,10-11,17H,8-9,12-13H2,1-3H3,(H,25,29)(H,26,30). The van der Waals surface area contributed by atoms with Crippen LogP contribution in [-0.2, 0) is 9.59 Å². The third-order valence-electron chi connectivity index (χ3n) is 5.26. The smallest absolute Gasteiger partial charge is 0.251 e. The Morgan fingerprint density at radius 3 is 2.58 bits per heavy atom. The van der Waals surface area contributed by atoms with E-state index in [0.29, 0.717) is 17.0 Å². The number of hydrogen-bond donors (Lipinski definition) is 2. The molecule has 0 radical (unpaired) electrons. The number of halogens is 1. The Kier molecular flexibility index (Phi) is 6.89. The highest BCUT2D eigenvalue weighted by Gasteiger charge is 2.36. The van der Waals surface area contributed by atoms with Gasteiger partial charge < -0.3 is 20.3 Å². The summed E-state index contributed by atoms with van der Waals surface area (Å²) in [4.78, 5) is 38.7. The van der Waals surface area contributed by atoms with Gasteiger partial charge in [-0.15, -0.1) is 0 Å². The van der Waals surface area contributed by atoms with Gasteiger partial charge in [-0.2, -0.15) is 0 Å². The van der Waals surface area contributed by atoms with Gasteiger partial charge in [-0.25, -0.2) is 4.39 Å². The zero-order valence-corrected chi connectivity index (χ0v) is 17.8. The lowest BCUT2D eigenvalue weighted by Crippen LogP contribution is -2.38. The molecule has 0 aliphatic carbocycles. The SMILES string of the molecule is COc1ccc(C)cc1N1CC(C(=O)NCCNC(=O)c2ccc(C)c(F)c2)CC1=O. The fourth-order valence-corrected chi connectivity index (χ4v) is 3.47. The van der Waals surface area contributed by atoms with Gasteiger partial charge in [0.25, 0.3) is 5.91 Å². The van der Waals surface area contributed by atoms with Crippen LogP contribution in [0.5, 0.6) is 5.75 Å². The summed E-state index contributed by atoms with van der Waals surface area (Å²) in [5.74, 6) is -1.16. The second-order valence-electron chi connectivity index (χ2n) is 7.59. The summed E-state index contributed by atoms with van der Waals surface area (Å²) in [7, 11) is 1.54. The van der Waals surface area contributed by atoms with Crippen LogP contribution in [0.2, 0.25) is 0 Å². The lowest BCUT2D eigenvalue weighted by Gasteiger charge is -2.20. The van der Waals surface area contributed by atoms with Gasteiger partial charge in [0.2, 0.25) is 11.8 Å². The van der Waals surface area contributed by atoms with Crippen molar-refractivity contribution in [1.29, 1.82) is 0 Å². The number of rotatable bonds is 7. The van der Waals surface area contributed by atoms with E-state index in [-0.39, 0.29) is 43.4 Å². The lowest BCUT2D eigenvalue weighted by molar-refractivity contribution is -0.126. The minimum absolute atomic E-state index is 0.109. The van der Waals surface area contributed by atoms with Crippen molar-refractivity contribution in [3.05, 3.63) is 58.9 Å². The molecule has 164 valence electrons. The Bertz CT molecular complexity index is 1010. The fourth-order valence-electron chi connectivity index (χ4n) is 3.47. The molecule has 2 N–H and O–H groups in total. The average Bonchev–Trinajstić information content (AvgIpc) is 3.14. The molecule has 1 atom stereocenters. The van der Waals surface area contributed by atoms with Gasteiger partial charge in [-0.3, -0.25) is 14.4 Å². The molecule has 3 amide bonds. The summed E-state index contributed by atoms with van der Waals surface area (Å²) < 4.78 is 18.9. The molecule has 2 aromatic rings. The van der Waals surface area contributed by atoms with Crippen molar-refractivity contribution in [3.8, 4) is 5.75 Å². The number of nitrogens with one attached hydrogen (secondary N) is 2. The number of benzene rings is 2. The molecule has 2 aromatic carbocycles. The van der Waals surface area contributed by atoms with Crippen LogP contribution >= 0.6 is 0 Å². The molecule has 0 bridgehead atoms. The number of methoxy groups -OCH3 is 1. The zero-order valence-electron chi connectivity index (χ0n) is 17.8. The number of ether oxygens (including phenoxy) is 1. The highest BCUT2D eigenvalue weighted by Crippen LogP contribution is 2.33. The predicted molar refractivity (Wildman–Crippen MR) is 115 cm³/mol. The van der Waals surface area contributed by atoms with Crippen LogP contribution < -0.4 is 20.3 Å². The first-order chi connectivity index (χ1) is 14.8. The van der Waals surface area contributed by atoms with Crippen molar-refractivity contribution in [2.45, 2.75) is 20.3 Å². The molecular weight excluding hydrogens is 401 g/mol. The van der Waals surface area contributed by atoms with E-state index in [1.54, 1.807) is 24.0 Å². The van der Waals surface area contributed by atoms with Crippen molar-refractivity contribution in [3.63, 3.8) is 0 Å². The Hall–Kier alpha value is -3.42. The molecule has 3 rings (SSSR count). The maximum absolute atomic E-state index is 13.6. The lowest BCUT2D eigenvalue weighted by atomic mass is 10.1. The molecule has 1 heterocycles. The van der Waals surface area contributed by atoms with Crippen molar-refractivity contribution in [2.75, 3.05) is 31.6 Å². The van der Waals surface area contributed by atoms with Gasteiger partial charge in [0.05, 0.1) is 18.7 Å². The minimum Gasteiger partial charge on any atom is -0.495 e. The van der Waals surface area contributed by atoms with Crippen molar-refractivity contribution < 1.29 is 23.5 Å². The minimum atomic E-state index is -0.486. The predicted octanol–water partition coefficient (Wildman–Crippen LogP) is 2.35. The first-order valence-corrected chi connectivity index (χ1v) is 10.1. The second kappa shape index (κ2) is 9.59. The van der Waals surface area contributed by atoms with Crippen LogP contribution in [0.1, 0.15) is 27.9 Å². The van der Waals surface area contributed by atoms with Gasteiger partial charge >= 0.3 is 0 Å². The maximum atomic E-state index is 13.6. The monoisotopic (exact) mass is 427 g/mol. The van der Waals surface area contributed by atoms with Gasteiger partial charge in [0.15, 0.2) is 0 Å². The number of aryl methyl sites for hydroxylation is 2. The topological polar surface area (TPSA) is 87.7 Å². The van der Waals surface area contributed by atoms with Crippen LogP contribution in [0.4, 0.5) is 10.1 Å². The van der Waals surface area contributed by atoms with Crippen LogP contribution in [0.3, 0.4) is 0 Å². The van der Waals surface area contributed by atoms with E-state index in [0.717, 1.165) is 5.56 Å². The molecule has 1 aliphatic rings. The van der Waals surface area contributed by atoms with E-state index < -0.39 is 17.6 Å². The Morgan fingerprint density at radius 2 is 1.87 bits per heavy atom. The van der Waals surface area contributed by atoms with Crippen molar-refractivity contribution >= 4 is 23.4 Å². The second-order valence-corrected chi connectivity index (χ2v) is 7.59. The van der Waals surface area contributed by atoms with E-state index in [9.17, 15) is 18.8 Å². The van der Waals surface area contributed by atoms with E-state index in [2.05, 4.69) is 10.6 Å². The fraction of sp³-hybridized carbons (Fsp3) is 0.348. The molecule has 0 saturated carbocycles. The van der Waals surface area contributed by atoms with Gasteiger partial charge in [0.1, 0.15) is 11.6 Å². The van der Waals surface area contributed by atoms with E-state index in [1.165, 1.54) is 19.2 Å². The first-order valence-electron chi connectivity index (χ1n) is 10.1. The molecule has 1 unspecified atom stereocenters. The summed E-state index contributed by atoms with van der Waals surface area (Å²) >= 11 is 0. The third kappa shape index (κ3) is 5.20. The molecular formula is C23H26FN3O4. The summed E-state index contributed by atoms with van der Waals surface area (Å²) in [5.41, 5.74) is 2.33. The average molecular weight is 427 g/mol. The van der Waals surface area contributed by atoms with Crippen molar-refractivity contribution in [1.82, 2.24) is 10.6 Å². The number of anilines is 1. The van der Waals surface area contributed by atoms with Gasteiger partial charge in [0, 0.05) is 31.6 Å². The number of hydrogen-bond acceptors (Lipinski definition) is 4. The normalized spacial score (nSPS) is 15.7. The van der Waals surface area contributed by atoms with Crippen LogP contribution in [0, 0.1) is 25.6 Å². The molecule has 0 spiro atoms. The molecule has 1 saturated heterocycles. The Morgan fingerprint density at radius 1 is 1.13 bits per heavy atom. The number of amides is 3. The molecule has 8 heteroatoms. The van der Waals surface area contributed by atoms with Crippen LogP contribution in [-0.4, -0.2) is 44.5 Å². The van der Waals surface area contributed by atoms with Crippen LogP contribution in [0.25, 0.3) is 0 Å². The highest BCUT2D eigenvalue weighted by atomic mass is 19.1. The highest BCUT2D eigenvalue weighted by molar-refractivity contribution is 6.01. The summed E-state index contributed by atoms with van der Waals surface area (Å²) in [6.45, 7) is 4.20. The molecule has 1 fully saturated rings. The molecule has 7 nitrogen and oxygen atoms in total. The first kappa shape index (κ1) is 22.3. The molecule has 1 aliphatic heterocycles. The van der Waals surface area contributed by atoms with Crippen LogP contribution in [0.15, 0.2) is 36.4 Å². The van der Waals surface area contributed by atoms with E-state index in [1.807, 2.05) is 19.1 Å². The Balaban J connectivity index is 1.50. The zero-order chi connectivity index (χ0) is 22.5. The molecule has 0 aromatic heterocycles. The summed E-state index contributed by atoms with van der Waals surface area (Å²) in [6.07, 6.45) is 0.109. The Labute approximate surface area is 180 Å². The van der Waals surface area contributed by atoms with Gasteiger partial charge in [-0.1, -0.05) is 12.1 Å². The number of nitrogens with zero attached hydrogens (tertiary/aromatic N) is 1. The van der Waals surface area contributed by atoms with E-state index in [4.69, 9.17) is 4.74 Å². The van der Waals surface area contributed by atoms with Crippen molar-refractivity contribution in [2.24, 2.45) is 5.92 Å². The maximum Gasteiger partial charge on any atom is 0.251 e. The van der Waals surface area contributed by atoms with E-state index >= 15 is 0 Å². The van der Waals surface area contributed by atoms with Gasteiger partial charge in [-0.05, 0) is 49.2 Å². The number of carbonyl (C=O) groups is 3. The summed E-state index contributed by atoms with van der Waals surface area (Å²) in [5, 5.41) is 5.39. The largest absolute Gasteiger partial charge is 0.495 e. The molecule has 31 heavy (non-hydrogen) atoms. The quantitative estimate of drug-likeness (QED) is 0.664. The summed E-state index contributed by atoms with van der Waals surface area (Å²) in [6, 6.07) is 9.82. The number of carbonyl (C=O) groups excluding carboxylic acids is 3. The third-order valence-corrected chi connectivity index (χ3v) is 5.26.